The lowest BCUT2D eigenvalue weighted by atomic mass is 9.93. The summed E-state index contributed by atoms with van der Waals surface area (Å²) < 4.78 is 78.4. The van der Waals surface area contributed by atoms with Crippen molar-refractivity contribution in [2.45, 2.75) is 56.9 Å². The Balaban J connectivity index is 1.54. The van der Waals surface area contributed by atoms with E-state index in [1.807, 2.05) is 0 Å². The van der Waals surface area contributed by atoms with E-state index in [0.29, 0.717) is 24.5 Å². The molecule has 3 atom stereocenters. The Kier molecular flexibility index (Phi) is 5.49. The van der Waals surface area contributed by atoms with Gasteiger partial charge in [-0.15, -0.1) is 0 Å². The fourth-order valence-corrected chi connectivity index (χ4v) is 5.13. The molecule has 0 N–H and O–H groups in total. The van der Waals surface area contributed by atoms with Crippen molar-refractivity contribution in [3.05, 3.63) is 34.9 Å². The van der Waals surface area contributed by atoms with Gasteiger partial charge in [0.15, 0.2) is 0 Å². The quantitative estimate of drug-likeness (QED) is 0.484. The van der Waals surface area contributed by atoms with Crippen LogP contribution in [-0.2, 0) is 28.4 Å². The number of hydrogen-bond donors (Lipinski definition) is 0. The Morgan fingerprint density at radius 2 is 1.47 bits per heavy atom. The number of hydrogen-bond acceptors (Lipinski definition) is 3. The number of barbiturate groups is 1. The van der Waals surface area contributed by atoms with Crippen LogP contribution in [0.5, 0.6) is 0 Å². The molecule has 0 radical (unpaired) electrons. The molecule has 1 aromatic carbocycles. The van der Waals surface area contributed by atoms with E-state index in [2.05, 4.69) is 0 Å². The van der Waals surface area contributed by atoms with Crippen LogP contribution in [0.3, 0.4) is 0 Å². The van der Waals surface area contributed by atoms with E-state index < -0.39 is 60.7 Å². The van der Waals surface area contributed by atoms with E-state index in [-0.39, 0.29) is 23.6 Å². The molecule has 0 aromatic heterocycles. The van der Waals surface area contributed by atoms with Gasteiger partial charge in [-0.1, -0.05) is 6.42 Å². The molecule has 1 saturated heterocycles. The highest BCUT2D eigenvalue weighted by Crippen LogP contribution is 2.47. The molecule has 2 bridgehead atoms. The first-order valence-corrected chi connectivity index (χ1v) is 10.3. The standard InChI is InChI=1S/C21H20F6N2O3/c22-20(23,24)14-6-12(7-15(9-14)21(25,26)27)3-4-28-17(30)10-18(31)29(19(28)32)16-8-11-1-2-13(16)5-11/h6-7,9,11,13,16H,1-5,8,10H2/t11-,13+,16-/m1/s1. The van der Waals surface area contributed by atoms with Crippen LogP contribution in [0, 0.1) is 11.8 Å². The van der Waals surface area contributed by atoms with Crippen LogP contribution in [-0.4, -0.2) is 40.2 Å². The summed E-state index contributed by atoms with van der Waals surface area (Å²) in [4.78, 5) is 39.5. The van der Waals surface area contributed by atoms with Gasteiger partial charge in [-0.25, -0.2) is 4.79 Å². The van der Waals surface area contributed by atoms with Crippen LogP contribution >= 0.6 is 0 Å². The molecule has 174 valence electrons. The second kappa shape index (κ2) is 7.77. The minimum atomic E-state index is -4.99. The van der Waals surface area contributed by atoms with Crippen molar-refractivity contribution >= 4 is 17.8 Å². The number of carbonyl (C=O) groups is 3. The molecule has 2 aliphatic carbocycles. The van der Waals surface area contributed by atoms with Gasteiger partial charge in [0.25, 0.3) is 0 Å². The Morgan fingerprint density at radius 1 is 0.844 bits per heavy atom. The minimum absolute atomic E-state index is 0.0240. The SMILES string of the molecule is O=C1CC(=O)N([C@@H]2C[C@@H]3CC[C@H]2C3)C(=O)N1CCc1cc(C(F)(F)F)cc(C(F)(F)F)c1. The molecular formula is C21H20F6N2O3. The molecule has 3 fully saturated rings. The monoisotopic (exact) mass is 462 g/mol. The molecule has 32 heavy (non-hydrogen) atoms. The number of carbonyl (C=O) groups excluding carboxylic acids is 3. The number of fused-ring (bicyclic) bond motifs is 2. The Morgan fingerprint density at radius 3 is 1.97 bits per heavy atom. The second-order valence-electron chi connectivity index (χ2n) is 8.67. The van der Waals surface area contributed by atoms with Crippen molar-refractivity contribution in [1.82, 2.24) is 9.80 Å². The smallest absolute Gasteiger partial charge is 0.274 e. The summed E-state index contributed by atoms with van der Waals surface area (Å²) in [6.45, 7) is -0.416. The summed E-state index contributed by atoms with van der Waals surface area (Å²) >= 11 is 0. The van der Waals surface area contributed by atoms with Gasteiger partial charge >= 0.3 is 18.4 Å². The Hall–Kier alpha value is -2.59. The van der Waals surface area contributed by atoms with Crippen molar-refractivity contribution in [2.75, 3.05) is 6.54 Å². The molecule has 3 aliphatic rings. The number of nitrogens with zero attached hydrogens (tertiary/aromatic N) is 2. The largest absolute Gasteiger partial charge is 0.416 e. The first kappa shape index (κ1) is 22.6. The maximum atomic E-state index is 13.1. The van der Waals surface area contributed by atoms with Crippen LogP contribution in [0.15, 0.2) is 18.2 Å². The van der Waals surface area contributed by atoms with Gasteiger partial charge in [-0.2, -0.15) is 26.3 Å². The van der Waals surface area contributed by atoms with E-state index in [9.17, 15) is 40.7 Å². The summed E-state index contributed by atoms with van der Waals surface area (Å²) in [6.07, 6.45) is -7.45. The minimum Gasteiger partial charge on any atom is -0.274 e. The second-order valence-corrected chi connectivity index (χ2v) is 8.67. The number of imide groups is 2. The molecule has 1 heterocycles. The fraction of sp³-hybridized carbons (Fsp3) is 0.571. The molecule has 0 spiro atoms. The number of benzene rings is 1. The first-order valence-electron chi connectivity index (χ1n) is 10.3. The topological polar surface area (TPSA) is 57.7 Å². The van der Waals surface area contributed by atoms with Gasteiger partial charge in [0.2, 0.25) is 11.8 Å². The van der Waals surface area contributed by atoms with E-state index in [1.165, 1.54) is 0 Å². The normalized spacial score (nSPS) is 26.4. The maximum absolute atomic E-state index is 13.1. The van der Waals surface area contributed by atoms with Crippen LogP contribution in [0.4, 0.5) is 31.1 Å². The van der Waals surface area contributed by atoms with E-state index in [4.69, 9.17) is 0 Å². The van der Waals surface area contributed by atoms with Crippen LogP contribution < -0.4 is 0 Å². The van der Waals surface area contributed by atoms with E-state index in [1.54, 1.807) is 0 Å². The zero-order valence-electron chi connectivity index (χ0n) is 16.8. The summed E-state index contributed by atoms with van der Waals surface area (Å²) in [7, 11) is 0. The van der Waals surface area contributed by atoms with Gasteiger partial charge < -0.3 is 0 Å². The fourth-order valence-electron chi connectivity index (χ4n) is 5.13. The van der Waals surface area contributed by atoms with Crippen molar-refractivity contribution < 1.29 is 40.7 Å². The van der Waals surface area contributed by atoms with Crippen molar-refractivity contribution in [3.63, 3.8) is 0 Å². The third-order valence-electron chi connectivity index (χ3n) is 6.61. The molecule has 5 nitrogen and oxygen atoms in total. The van der Waals surface area contributed by atoms with Crippen LogP contribution in [0.2, 0.25) is 0 Å². The highest BCUT2D eigenvalue weighted by molar-refractivity contribution is 6.14. The third kappa shape index (κ3) is 4.21. The molecular weight excluding hydrogens is 442 g/mol. The Bertz CT molecular complexity index is 926. The summed E-state index contributed by atoms with van der Waals surface area (Å²) in [6, 6.07) is 0.0255. The molecule has 2 saturated carbocycles. The molecule has 11 heteroatoms. The number of rotatable bonds is 4. The zero-order chi connectivity index (χ0) is 23.4. The predicted octanol–water partition coefficient (Wildman–Crippen LogP) is 4.64. The average molecular weight is 462 g/mol. The highest BCUT2D eigenvalue weighted by atomic mass is 19.4. The predicted molar refractivity (Wildman–Crippen MR) is 98.0 cm³/mol. The van der Waals surface area contributed by atoms with Gasteiger partial charge in [-0.05, 0) is 61.3 Å². The van der Waals surface area contributed by atoms with E-state index in [0.717, 1.165) is 29.1 Å². The van der Waals surface area contributed by atoms with Gasteiger partial charge in [-0.3, -0.25) is 19.4 Å². The molecule has 1 aromatic rings. The molecule has 4 amide bonds. The van der Waals surface area contributed by atoms with Crippen molar-refractivity contribution in [2.24, 2.45) is 11.8 Å². The summed E-state index contributed by atoms with van der Waals surface area (Å²) in [5.74, 6) is -0.821. The average Bonchev–Trinajstić information content (AvgIpc) is 3.29. The zero-order valence-corrected chi connectivity index (χ0v) is 16.8. The van der Waals surface area contributed by atoms with Crippen LogP contribution in [0.1, 0.15) is 48.8 Å². The van der Waals surface area contributed by atoms with Gasteiger partial charge in [0.05, 0.1) is 11.1 Å². The number of amides is 4. The summed E-state index contributed by atoms with van der Waals surface area (Å²) in [5.41, 5.74) is -3.23. The highest BCUT2D eigenvalue weighted by Gasteiger charge is 2.49. The first-order chi connectivity index (χ1) is 14.8. The third-order valence-corrected chi connectivity index (χ3v) is 6.61. The Labute approximate surface area is 179 Å². The maximum Gasteiger partial charge on any atom is 0.416 e. The summed E-state index contributed by atoms with van der Waals surface area (Å²) in [5, 5.41) is 0. The number of urea groups is 1. The number of halogens is 6. The number of alkyl halides is 6. The van der Waals surface area contributed by atoms with Crippen molar-refractivity contribution in [1.29, 1.82) is 0 Å². The van der Waals surface area contributed by atoms with E-state index >= 15 is 0 Å². The van der Waals surface area contributed by atoms with Crippen molar-refractivity contribution in [3.8, 4) is 0 Å². The van der Waals surface area contributed by atoms with Gasteiger partial charge in [0, 0.05) is 12.6 Å². The van der Waals surface area contributed by atoms with Crippen LogP contribution in [0.25, 0.3) is 0 Å². The molecule has 4 rings (SSSR count). The van der Waals surface area contributed by atoms with Gasteiger partial charge in [0.1, 0.15) is 6.42 Å². The lowest BCUT2D eigenvalue weighted by Gasteiger charge is -2.39. The molecule has 0 unspecified atom stereocenters. The lowest BCUT2D eigenvalue weighted by Crippen LogP contribution is -2.59. The lowest BCUT2D eigenvalue weighted by molar-refractivity contribution is -0.146. The molecule has 1 aliphatic heterocycles.